The van der Waals surface area contributed by atoms with Crippen LogP contribution in [0.1, 0.15) is 25.0 Å². The van der Waals surface area contributed by atoms with Crippen LogP contribution < -0.4 is 9.80 Å². The van der Waals surface area contributed by atoms with Gasteiger partial charge in [0.15, 0.2) is 0 Å². The fourth-order valence-electron chi connectivity index (χ4n) is 9.47. The van der Waals surface area contributed by atoms with E-state index in [4.69, 9.17) is 0 Å². The Labute approximate surface area is 339 Å². The van der Waals surface area contributed by atoms with Gasteiger partial charge in [-0.15, -0.1) is 0 Å². The quantitative estimate of drug-likeness (QED) is 0.161. The Morgan fingerprint density at radius 1 is 0.397 bits per heavy atom. The molecule has 0 atom stereocenters. The molecule has 3 nitrogen and oxygen atoms in total. The molecule has 0 saturated carbocycles. The Morgan fingerprint density at radius 2 is 0.966 bits per heavy atom. The minimum Gasteiger partial charge on any atom is -0.310 e. The van der Waals surface area contributed by atoms with Crippen LogP contribution in [0.3, 0.4) is 0 Å². The van der Waals surface area contributed by atoms with Gasteiger partial charge in [-0.2, -0.15) is 0 Å². The smallest absolute Gasteiger partial charge is 0.0583 e. The van der Waals surface area contributed by atoms with Crippen molar-refractivity contribution < 1.29 is 0 Å². The van der Waals surface area contributed by atoms with Gasteiger partial charge in [0.05, 0.1) is 28.1 Å². The lowest BCUT2D eigenvalue weighted by Crippen LogP contribution is -2.16. The summed E-state index contributed by atoms with van der Waals surface area (Å²) in [7, 11) is 0. The van der Waals surface area contributed by atoms with E-state index in [0.29, 0.717) is 0 Å². The molecule has 0 bridgehead atoms. The first-order valence-corrected chi connectivity index (χ1v) is 20.1. The number of benzene rings is 9. The van der Waals surface area contributed by atoms with Crippen LogP contribution in [0.4, 0.5) is 34.1 Å². The predicted octanol–water partition coefficient (Wildman–Crippen LogP) is 15.2. The normalized spacial score (nSPS) is 12.8. The van der Waals surface area contributed by atoms with Crippen molar-refractivity contribution >= 4 is 66.7 Å². The average molecular weight is 744 g/mol. The minimum atomic E-state index is -0.140. The third-order valence-electron chi connectivity index (χ3n) is 12.1. The van der Waals surface area contributed by atoms with E-state index in [1.165, 1.54) is 43.8 Å². The number of nitrogens with zero attached hydrogens (tertiary/aromatic N) is 3. The second-order valence-corrected chi connectivity index (χ2v) is 15.8. The number of hydrogen-bond donors (Lipinski definition) is 0. The number of para-hydroxylation sites is 4. The molecule has 1 aliphatic rings. The van der Waals surface area contributed by atoms with Crippen LogP contribution in [0.15, 0.2) is 212 Å². The Hall–Kier alpha value is -7.36. The van der Waals surface area contributed by atoms with E-state index >= 15 is 0 Å². The van der Waals surface area contributed by atoms with Crippen LogP contribution in [0.2, 0.25) is 0 Å². The van der Waals surface area contributed by atoms with Crippen LogP contribution in [-0.4, -0.2) is 4.57 Å². The Balaban J connectivity index is 1.29. The van der Waals surface area contributed by atoms with Crippen LogP contribution in [-0.2, 0) is 5.41 Å². The van der Waals surface area contributed by atoms with E-state index < -0.39 is 0 Å². The molecule has 0 amide bonds. The van der Waals surface area contributed by atoms with Gasteiger partial charge in [0, 0.05) is 44.5 Å². The average Bonchev–Trinajstić information content (AvgIpc) is 3.73. The van der Waals surface area contributed by atoms with E-state index in [1.54, 1.807) is 0 Å². The number of aromatic nitrogens is 1. The van der Waals surface area contributed by atoms with Gasteiger partial charge in [0.25, 0.3) is 0 Å². The zero-order valence-electron chi connectivity index (χ0n) is 32.5. The number of rotatable bonds is 7. The Bertz CT molecular complexity index is 3100. The fourth-order valence-corrected chi connectivity index (χ4v) is 9.47. The summed E-state index contributed by atoms with van der Waals surface area (Å²) >= 11 is 0. The van der Waals surface area contributed by atoms with Crippen molar-refractivity contribution in [1.29, 1.82) is 0 Å². The van der Waals surface area contributed by atoms with E-state index in [9.17, 15) is 0 Å². The van der Waals surface area contributed by atoms with E-state index in [1.807, 2.05) is 0 Å². The first-order valence-electron chi connectivity index (χ1n) is 20.1. The summed E-state index contributed by atoms with van der Waals surface area (Å²) in [5, 5.41) is 4.83. The molecule has 10 aromatic rings. The molecule has 0 spiro atoms. The van der Waals surface area contributed by atoms with Crippen LogP contribution >= 0.6 is 0 Å². The molecule has 1 heterocycles. The van der Waals surface area contributed by atoms with Crippen molar-refractivity contribution in [3.63, 3.8) is 0 Å². The molecule has 0 aliphatic heterocycles. The van der Waals surface area contributed by atoms with Crippen molar-refractivity contribution in [3.8, 4) is 16.8 Å². The van der Waals surface area contributed by atoms with Gasteiger partial charge >= 0.3 is 0 Å². The van der Waals surface area contributed by atoms with Gasteiger partial charge in [0.1, 0.15) is 0 Å². The lowest BCUT2D eigenvalue weighted by Gasteiger charge is -2.31. The van der Waals surface area contributed by atoms with Crippen molar-refractivity contribution in [2.45, 2.75) is 19.3 Å². The van der Waals surface area contributed by atoms with Gasteiger partial charge < -0.3 is 14.4 Å². The molecule has 0 N–H and O–H groups in total. The maximum atomic E-state index is 2.48. The molecule has 0 radical (unpaired) electrons. The topological polar surface area (TPSA) is 11.4 Å². The number of hydrogen-bond acceptors (Lipinski definition) is 2. The van der Waals surface area contributed by atoms with Gasteiger partial charge in [-0.1, -0.05) is 153 Å². The lowest BCUT2D eigenvalue weighted by molar-refractivity contribution is 0.660. The lowest BCUT2D eigenvalue weighted by atomic mass is 9.82. The summed E-state index contributed by atoms with van der Waals surface area (Å²) in [4.78, 5) is 4.91. The number of anilines is 6. The second-order valence-electron chi connectivity index (χ2n) is 15.8. The van der Waals surface area contributed by atoms with Gasteiger partial charge in [-0.05, 0) is 100 Å². The highest BCUT2D eigenvalue weighted by Crippen LogP contribution is 2.55. The monoisotopic (exact) mass is 743 g/mol. The molecule has 58 heavy (non-hydrogen) atoms. The first-order chi connectivity index (χ1) is 28.6. The van der Waals surface area contributed by atoms with Crippen LogP contribution in [0, 0.1) is 0 Å². The zero-order chi connectivity index (χ0) is 38.8. The Morgan fingerprint density at radius 3 is 1.67 bits per heavy atom. The third-order valence-corrected chi connectivity index (χ3v) is 12.1. The molecular weight excluding hydrogens is 703 g/mol. The highest BCUT2D eigenvalue weighted by Gasteiger charge is 2.38. The molecule has 3 heteroatoms. The third kappa shape index (κ3) is 5.28. The SMILES string of the molecule is CC1(C)c2ccccc2-c2c(N(c3ccccc3)c3cc(N(c4ccccc4)c4ccccc4)c4c5ccccc5n(-c5ccc6ccccc6c5)c4c3)cccc21. The molecule has 1 aromatic heterocycles. The molecule has 0 saturated heterocycles. The largest absolute Gasteiger partial charge is 0.310 e. The maximum Gasteiger partial charge on any atom is 0.0583 e. The van der Waals surface area contributed by atoms with Crippen molar-refractivity contribution in [2.75, 3.05) is 9.80 Å². The summed E-state index contributed by atoms with van der Waals surface area (Å²) in [6, 6.07) is 77.5. The van der Waals surface area contributed by atoms with Crippen molar-refractivity contribution in [3.05, 3.63) is 223 Å². The zero-order valence-corrected chi connectivity index (χ0v) is 32.5. The molecule has 0 fully saturated rings. The predicted molar refractivity (Wildman–Crippen MR) is 245 cm³/mol. The molecule has 11 rings (SSSR count). The maximum absolute atomic E-state index is 2.48. The summed E-state index contributed by atoms with van der Waals surface area (Å²) in [5.74, 6) is 0. The highest BCUT2D eigenvalue weighted by molar-refractivity contribution is 6.18. The summed E-state index contributed by atoms with van der Waals surface area (Å²) < 4.78 is 2.47. The van der Waals surface area contributed by atoms with Crippen LogP contribution in [0.5, 0.6) is 0 Å². The van der Waals surface area contributed by atoms with E-state index in [0.717, 1.165) is 50.8 Å². The van der Waals surface area contributed by atoms with Gasteiger partial charge in [-0.25, -0.2) is 0 Å². The molecular formula is C55H41N3. The Kier molecular flexibility index (Phi) is 7.84. The second kappa shape index (κ2) is 13.4. The minimum absolute atomic E-state index is 0.140. The van der Waals surface area contributed by atoms with Gasteiger partial charge in [0.2, 0.25) is 0 Å². The van der Waals surface area contributed by atoms with E-state index in [2.05, 4.69) is 241 Å². The summed E-state index contributed by atoms with van der Waals surface area (Å²) in [5.41, 5.74) is 15.2. The van der Waals surface area contributed by atoms with Crippen LogP contribution in [0.25, 0.3) is 49.4 Å². The molecule has 0 unspecified atom stereocenters. The highest BCUT2D eigenvalue weighted by atomic mass is 15.2. The molecule has 1 aliphatic carbocycles. The summed E-state index contributed by atoms with van der Waals surface area (Å²) in [6.45, 7) is 4.72. The first kappa shape index (κ1) is 33.9. The molecule has 9 aromatic carbocycles. The van der Waals surface area contributed by atoms with Crippen molar-refractivity contribution in [1.82, 2.24) is 4.57 Å². The van der Waals surface area contributed by atoms with E-state index in [-0.39, 0.29) is 5.41 Å². The summed E-state index contributed by atoms with van der Waals surface area (Å²) in [6.07, 6.45) is 0. The molecule has 276 valence electrons. The number of fused-ring (bicyclic) bond motifs is 7. The standard InChI is InChI=1S/C55H41N3/c1-55(2)47-29-16-14-27-45(47)53-48(55)30-18-32-50(53)57(42-25-10-5-11-26-42)44-36-51(56(40-21-6-3-7-22-40)41-23-8-4-9-24-41)54-46-28-15-17-31-49(46)58(52(54)37-44)43-34-33-38-19-12-13-20-39(38)35-43/h3-37H,1-2H3. The van der Waals surface area contributed by atoms with Crippen molar-refractivity contribution in [2.24, 2.45) is 0 Å². The van der Waals surface area contributed by atoms with Gasteiger partial charge in [-0.3, -0.25) is 0 Å². The fraction of sp³-hybridized carbons (Fsp3) is 0.0545.